The minimum Gasteiger partial charge on any atom is -0.339 e. The number of rotatable bonds is 2. The number of amides is 1. The number of nitrogens with zero attached hydrogens (tertiary/aromatic N) is 1. The molecule has 1 rings (SSSR count). The Labute approximate surface area is 79.0 Å². The van der Waals surface area contributed by atoms with Crippen LogP contribution in [0.5, 0.6) is 0 Å². The highest BCUT2D eigenvalue weighted by atomic mass is 19.1. The standard InChI is InChI=1S/C9H6F2N2O/c10-7-1-2-8(11)6(3-7)5-13-9(14)4-12/h1-3H,5H2,(H,13,14). The first-order chi connectivity index (χ1) is 6.63. The molecule has 0 heterocycles. The van der Waals surface area contributed by atoms with Gasteiger partial charge in [0.05, 0.1) is 0 Å². The summed E-state index contributed by atoms with van der Waals surface area (Å²) in [4.78, 5) is 10.5. The third-order valence-electron chi connectivity index (χ3n) is 1.55. The third-order valence-corrected chi connectivity index (χ3v) is 1.55. The maximum Gasteiger partial charge on any atom is 0.322 e. The summed E-state index contributed by atoms with van der Waals surface area (Å²) < 4.78 is 25.5. The lowest BCUT2D eigenvalue weighted by Gasteiger charge is -2.02. The zero-order valence-corrected chi connectivity index (χ0v) is 7.05. The molecule has 0 aliphatic heterocycles. The first kappa shape index (κ1) is 10.1. The molecule has 1 aromatic rings. The smallest absolute Gasteiger partial charge is 0.322 e. The van der Waals surface area contributed by atoms with Gasteiger partial charge in [-0.05, 0) is 18.2 Å². The predicted octanol–water partition coefficient (Wildman–Crippen LogP) is 1.10. The van der Waals surface area contributed by atoms with Crippen LogP contribution >= 0.6 is 0 Å². The van der Waals surface area contributed by atoms with Gasteiger partial charge in [0.25, 0.3) is 0 Å². The van der Waals surface area contributed by atoms with Crippen molar-refractivity contribution >= 4 is 5.91 Å². The molecular weight excluding hydrogens is 190 g/mol. The van der Waals surface area contributed by atoms with Crippen LogP contribution in [0.25, 0.3) is 0 Å². The Hall–Kier alpha value is -1.96. The number of halogens is 2. The van der Waals surface area contributed by atoms with Gasteiger partial charge < -0.3 is 5.32 Å². The van der Waals surface area contributed by atoms with Crippen molar-refractivity contribution in [2.24, 2.45) is 0 Å². The maximum absolute atomic E-state index is 12.9. The summed E-state index contributed by atoms with van der Waals surface area (Å²) in [6.07, 6.45) is 0. The Morgan fingerprint density at radius 1 is 1.50 bits per heavy atom. The molecule has 0 saturated carbocycles. The number of carbonyl (C=O) groups excluding carboxylic acids is 1. The third kappa shape index (κ3) is 2.52. The lowest BCUT2D eigenvalue weighted by atomic mass is 10.2. The van der Waals surface area contributed by atoms with E-state index in [1.807, 2.05) is 0 Å². The average molecular weight is 196 g/mol. The summed E-state index contributed by atoms with van der Waals surface area (Å²) in [6.45, 7) is -0.198. The van der Waals surface area contributed by atoms with E-state index in [0.717, 1.165) is 18.2 Å². The number of hydrogen-bond donors (Lipinski definition) is 1. The fourth-order valence-corrected chi connectivity index (χ4v) is 0.894. The van der Waals surface area contributed by atoms with Crippen molar-refractivity contribution in [3.63, 3.8) is 0 Å². The Morgan fingerprint density at radius 3 is 2.86 bits per heavy atom. The first-order valence-corrected chi connectivity index (χ1v) is 3.75. The zero-order chi connectivity index (χ0) is 10.6. The monoisotopic (exact) mass is 196 g/mol. The molecule has 0 aliphatic carbocycles. The van der Waals surface area contributed by atoms with Crippen molar-refractivity contribution in [2.45, 2.75) is 6.54 Å². The van der Waals surface area contributed by atoms with E-state index in [2.05, 4.69) is 5.32 Å². The molecule has 3 nitrogen and oxygen atoms in total. The van der Waals surface area contributed by atoms with Crippen molar-refractivity contribution in [1.82, 2.24) is 5.32 Å². The van der Waals surface area contributed by atoms with Gasteiger partial charge in [0.15, 0.2) is 6.07 Å². The zero-order valence-electron chi connectivity index (χ0n) is 7.05. The topological polar surface area (TPSA) is 52.9 Å². The number of benzene rings is 1. The molecule has 1 amide bonds. The normalized spacial score (nSPS) is 9.21. The van der Waals surface area contributed by atoms with Gasteiger partial charge in [-0.15, -0.1) is 0 Å². The highest BCUT2D eigenvalue weighted by molar-refractivity contribution is 5.91. The van der Waals surface area contributed by atoms with E-state index < -0.39 is 17.5 Å². The van der Waals surface area contributed by atoms with Gasteiger partial charge in [-0.2, -0.15) is 5.26 Å². The summed E-state index contributed by atoms with van der Waals surface area (Å²) in [5.41, 5.74) is 0.00796. The molecule has 5 heteroatoms. The fourth-order valence-electron chi connectivity index (χ4n) is 0.894. The minimum absolute atomic E-state index is 0.00796. The predicted molar refractivity (Wildman–Crippen MR) is 43.8 cm³/mol. The van der Waals surface area contributed by atoms with Crippen LogP contribution in [0.15, 0.2) is 18.2 Å². The van der Waals surface area contributed by atoms with E-state index in [0.29, 0.717) is 0 Å². The molecule has 0 bridgehead atoms. The molecule has 0 spiro atoms. The molecule has 14 heavy (non-hydrogen) atoms. The van der Waals surface area contributed by atoms with Crippen LogP contribution in [0.4, 0.5) is 8.78 Å². The van der Waals surface area contributed by atoms with Gasteiger partial charge in [0.1, 0.15) is 11.6 Å². The second-order valence-electron chi connectivity index (χ2n) is 2.53. The molecular formula is C9H6F2N2O. The van der Waals surface area contributed by atoms with Gasteiger partial charge in [-0.3, -0.25) is 4.79 Å². The molecule has 0 atom stereocenters. The second-order valence-corrected chi connectivity index (χ2v) is 2.53. The van der Waals surface area contributed by atoms with Crippen molar-refractivity contribution < 1.29 is 13.6 Å². The molecule has 0 aromatic heterocycles. The lowest BCUT2D eigenvalue weighted by Crippen LogP contribution is -2.21. The van der Waals surface area contributed by atoms with Gasteiger partial charge in [0, 0.05) is 12.1 Å². The van der Waals surface area contributed by atoms with Crippen LogP contribution in [0, 0.1) is 23.0 Å². The van der Waals surface area contributed by atoms with Gasteiger partial charge in [0.2, 0.25) is 0 Å². The summed E-state index contributed by atoms with van der Waals surface area (Å²) in [7, 11) is 0. The van der Waals surface area contributed by atoms with E-state index in [4.69, 9.17) is 5.26 Å². The van der Waals surface area contributed by atoms with E-state index in [1.165, 1.54) is 6.07 Å². The van der Waals surface area contributed by atoms with E-state index in [-0.39, 0.29) is 12.1 Å². The van der Waals surface area contributed by atoms with Crippen molar-refractivity contribution in [2.75, 3.05) is 0 Å². The Bertz CT molecular complexity index is 398. The SMILES string of the molecule is N#CC(=O)NCc1cc(F)ccc1F. The van der Waals surface area contributed by atoms with Gasteiger partial charge in [-0.1, -0.05) is 0 Å². The molecule has 0 radical (unpaired) electrons. The van der Waals surface area contributed by atoms with Crippen molar-refractivity contribution in [3.05, 3.63) is 35.4 Å². The highest BCUT2D eigenvalue weighted by Crippen LogP contribution is 2.08. The second kappa shape index (κ2) is 4.33. The Morgan fingerprint density at radius 2 is 2.21 bits per heavy atom. The van der Waals surface area contributed by atoms with E-state index in [9.17, 15) is 13.6 Å². The van der Waals surface area contributed by atoms with E-state index in [1.54, 1.807) is 0 Å². The molecule has 1 aromatic carbocycles. The fraction of sp³-hybridized carbons (Fsp3) is 0.111. The number of nitriles is 1. The average Bonchev–Trinajstić information content (AvgIpc) is 2.19. The first-order valence-electron chi connectivity index (χ1n) is 3.75. The van der Waals surface area contributed by atoms with Gasteiger partial charge in [-0.25, -0.2) is 8.78 Å². The largest absolute Gasteiger partial charge is 0.339 e. The number of hydrogen-bond acceptors (Lipinski definition) is 2. The lowest BCUT2D eigenvalue weighted by molar-refractivity contribution is -0.116. The molecule has 0 aliphatic rings. The van der Waals surface area contributed by atoms with Crippen LogP contribution in [-0.2, 0) is 11.3 Å². The van der Waals surface area contributed by atoms with Crippen molar-refractivity contribution in [1.29, 1.82) is 5.26 Å². The molecule has 0 unspecified atom stereocenters. The quantitative estimate of drug-likeness (QED) is 0.720. The van der Waals surface area contributed by atoms with Crippen LogP contribution in [-0.4, -0.2) is 5.91 Å². The van der Waals surface area contributed by atoms with Gasteiger partial charge >= 0.3 is 5.91 Å². The summed E-state index contributed by atoms with van der Waals surface area (Å²) >= 11 is 0. The van der Waals surface area contributed by atoms with Crippen molar-refractivity contribution in [3.8, 4) is 6.07 Å². The molecule has 1 N–H and O–H groups in total. The highest BCUT2D eigenvalue weighted by Gasteiger charge is 2.05. The van der Waals surface area contributed by atoms with Crippen LogP contribution < -0.4 is 5.32 Å². The Balaban J connectivity index is 2.72. The molecule has 0 saturated heterocycles. The summed E-state index contributed by atoms with van der Waals surface area (Å²) in [5.74, 6) is -2.09. The summed E-state index contributed by atoms with van der Waals surface area (Å²) in [5, 5.41) is 10.2. The summed E-state index contributed by atoms with van der Waals surface area (Å²) in [6, 6.07) is 4.21. The van der Waals surface area contributed by atoms with Crippen LogP contribution in [0.1, 0.15) is 5.56 Å². The number of carbonyl (C=O) groups is 1. The van der Waals surface area contributed by atoms with Crippen LogP contribution in [0.2, 0.25) is 0 Å². The van der Waals surface area contributed by atoms with Crippen LogP contribution in [0.3, 0.4) is 0 Å². The molecule has 72 valence electrons. The molecule has 0 fully saturated rings. The number of nitrogens with one attached hydrogen (secondary N) is 1. The maximum atomic E-state index is 12.9. The Kier molecular flexibility index (Phi) is 3.13. The van der Waals surface area contributed by atoms with E-state index >= 15 is 0 Å². The minimum atomic E-state index is -0.881.